The number of carbonyl (C=O) groups is 1. The number of amides is 1. The summed E-state index contributed by atoms with van der Waals surface area (Å²) in [4.78, 5) is 11.9. The van der Waals surface area contributed by atoms with Crippen LogP contribution in [0.25, 0.3) is 0 Å². The first-order valence-electron chi connectivity index (χ1n) is 7.15. The fourth-order valence-electron chi connectivity index (χ4n) is 2.04. The maximum absolute atomic E-state index is 11.9. The Morgan fingerprint density at radius 3 is 2.36 bits per heavy atom. The van der Waals surface area contributed by atoms with Crippen LogP contribution in [0.5, 0.6) is 0 Å². The largest absolute Gasteiger partial charge is 0.398 e. The minimum absolute atomic E-state index is 0. The van der Waals surface area contributed by atoms with Gasteiger partial charge in [-0.15, -0.1) is 12.4 Å². The SMILES string of the molecule is Cl.Nc1ccccc1C(=O)NCCCNCc1ccccc1. The Balaban J connectivity index is 0.00000242. The van der Waals surface area contributed by atoms with Gasteiger partial charge in [-0.25, -0.2) is 0 Å². The molecule has 0 bridgehead atoms. The highest BCUT2D eigenvalue weighted by atomic mass is 35.5. The van der Waals surface area contributed by atoms with E-state index in [2.05, 4.69) is 22.8 Å². The Labute approximate surface area is 137 Å². The van der Waals surface area contributed by atoms with E-state index in [9.17, 15) is 4.79 Å². The van der Waals surface area contributed by atoms with Crippen molar-refractivity contribution < 1.29 is 4.79 Å². The van der Waals surface area contributed by atoms with Crippen molar-refractivity contribution in [1.82, 2.24) is 10.6 Å². The standard InChI is InChI=1S/C17H21N3O.ClH/c18-16-10-5-4-9-15(16)17(21)20-12-6-11-19-13-14-7-2-1-3-8-14;/h1-5,7-10,19H,6,11-13,18H2,(H,20,21);1H. The van der Waals surface area contributed by atoms with Crippen molar-refractivity contribution in [3.05, 3.63) is 65.7 Å². The first-order valence-corrected chi connectivity index (χ1v) is 7.15. The van der Waals surface area contributed by atoms with Gasteiger partial charge in [0.25, 0.3) is 5.91 Å². The van der Waals surface area contributed by atoms with Gasteiger partial charge in [-0.05, 0) is 30.7 Å². The van der Waals surface area contributed by atoms with Crippen molar-refractivity contribution in [3.8, 4) is 0 Å². The quantitative estimate of drug-likeness (QED) is 0.543. The van der Waals surface area contributed by atoms with Crippen LogP contribution in [0.1, 0.15) is 22.3 Å². The number of nitrogens with one attached hydrogen (secondary N) is 2. The molecule has 0 atom stereocenters. The molecule has 1 amide bonds. The maximum atomic E-state index is 11.9. The van der Waals surface area contributed by atoms with Crippen LogP contribution in [-0.2, 0) is 6.54 Å². The highest BCUT2D eigenvalue weighted by molar-refractivity contribution is 5.98. The molecule has 118 valence electrons. The maximum Gasteiger partial charge on any atom is 0.253 e. The van der Waals surface area contributed by atoms with Crippen LogP contribution in [0.4, 0.5) is 5.69 Å². The molecule has 0 heterocycles. The van der Waals surface area contributed by atoms with E-state index in [1.807, 2.05) is 30.3 Å². The Hall–Kier alpha value is -2.04. The summed E-state index contributed by atoms with van der Waals surface area (Å²) < 4.78 is 0. The van der Waals surface area contributed by atoms with E-state index in [1.165, 1.54) is 5.56 Å². The Morgan fingerprint density at radius 1 is 0.955 bits per heavy atom. The van der Waals surface area contributed by atoms with Gasteiger partial charge in [0.1, 0.15) is 0 Å². The minimum atomic E-state index is -0.115. The van der Waals surface area contributed by atoms with Gasteiger partial charge in [0, 0.05) is 18.8 Å². The van der Waals surface area contributed by atoms with E-state index in [0.717, 1.165) is 19.5 Å². The second kappa shape index (κ2) is 9.82. The van der Waals surface area contributed by atoms with Gasteiger partial charge >= 0.3 is 0 Å². The van der Waals surface area contributed by atoms with Gasteiger partial charge in [-0.3, -0.25) is 4.79 Å². The lowest BCUT2D eigenvalue weighted by molar-refractivity contribution is 0.0954. The molecule has 0 fully saturated rings. The first kappa shape index (κ1) is 18.0. The van der Waals surface area contributed by atoms with Crippen LogP contribution in [0, 0.1) is 0 Å². The van der Waals surface area contributed by atoms with Gasteiger partial charge in [0.2, 0.25) is 0 Å². The molecule has 0 aromatic heterocycles. The number of rotatable bonds is 7. The lowest BCUT2D eigenvalue weighted by Gasteiger charge is -2.08. The number of benzene rings is 2. The number of hydrogen-bond acceptors (Lipinski definition) is 3. The van der Waals surface area contributed by atoms with Crippen molar-refractivity contribution in [2.45, 2.75) is 13.0 Å². The van der Waals surface area contributed by atoms with Crippen molar-refractivity contribution in [1.29, 1.82) is 0 Å². The molecule has 0 spiro atoms. The number of nitrogen functional groups attached to an aromatic ring is 1. The Morgan fingerprint density at radius 2 is 1.64 bits per heavy atom. The second-order valence-electron chi connectivity index (χ2n) is 4.86. The molecule has 0 aliphatic rings. The molecule has 0 saturated carbocycles. The molecule has 0 aliphatic heterocycles. The third-order valence-corrected chi connectivity index (χ3v) is 3.19. The zero-order valence-electron chi connectivity index (χ0n) is 12.4. The van der Waals surface area contributed by atoms with Gasteiger partial charge < -0.3 is 16.4 Å². The summed E-state index contributed by atoms with van der Waals surface area (Å²) in [7, 11) is 0. The van der Waals surface area contributed by atoms with Crippen molar-refractivity contribution >= 4 is 24.0 Å². The van der Waals surface area contributed by atoms with Crippen LogP contribution in [0.3, 0.4) is 0 Å². The number of nitrogens with two attached hydrogens (primary N) is 1. The second-order valence-corrected chi connectivity index (χ2v) is 4.86. The van der Waals surface area contributed by atoms with Crippen LogP contribution >= 0.6 is 12.4 Å². The van der Waals surface area contributed by atoms with E-state index in [0.29, 0.717) is 17.8 Å². The summed E-state index contributed by atoms with van der Waals surface area (Å²) in [6, 6.07) is 17.3. The zero-order valence-corrected chi connectivity index (χ0v) is 13.2. The smallest absolute Gasteiger partial charge is 0.253 e. The van der Waals surface area contributed by atoms with Gasteiger partial charge in [-0.1, -0.05) is 42.5 Å². The molecule has 5 heteroatoms. The molecule has 4 N–H and O–H groups in total. The van der Waals surface area contributed by atoms with E-state index in [-0.39, 0.29) is 18.3 Å². The topological polar surface area (TPSA) is 67.2 Å². The summed E-state index contributed by atoms with van der Waals surface area (Å²) in [5, 5.41) is 6.23. The van der Waals surface area contributed by atoms with Crippen molar-refractivity contribution in [3.63, 3.8) is 0 Å². The van der Waals surface area contributed by atoms with Crippen LogP contribution < -0.4 is 16.4 Å². The average molecular weight is 320 g/mol. The molecule has 4 nitrogen and oxygen atoms in total. The summed E-state index contributed by atoms with van der Waals surface area (Å²) in [6.07, 6.45) is 0.880. The molecule has 0 aliphatic carbocycles. The third kappa shape index (κ3) is 5.76. The van der Waals surface area contributed by atoms with E-state index in [4.69, 9.17) is 5.73 Å². The summed E-state index contributed by atoms with van der Waals surface area (Å²) in [5.74, 6) is -0.115. The van der Waals surface area contributed by atoms with Crippen molar-refractivity contribution in [2.24, 2.45) is 0 Å². The number of anilines is 1. The van der Waals surface area contributed by atoms with Crippen LogP contribution in [-0.4, -0.2) is 19.0 Å². The lowest BCUT2D eigenvalue weighted by Crippen LogP contribution is -2.27. The predicted molar refractivity (Wildman–Crippen MR) is 93.2 cm³/mol. The molecule has 2 rings (SSSR count). The normalized spacial score (nSPS) is 9.82. The van der Waals surface area contributed by atoms with Crippen molar-refractivity contribution in [2.75, 3.05) is 18.8 Å². The Bertz CT molecular complexity index is 575. The summed E-state index contributed by atoms with van der Waals surface area (Å²) in [6.45, 7) is 2.34. The molecular weight excluding hydrogens is 298 g/mol. The number of hydrogen-bond donors (Lipinski definition) is 3. The fourth-order valence-corrected chi connectivity index (χ4v) is 2.04. The van der Waals surface area contributed by atoms with E-state index >= 15 is 0 Å². The molecule has 0 radical (unpaired) electrons. The molecule has 22 heavy (non-hydrogen) atoms. The summed E-state index contributed by atoms with van der Waals surface area (Å²) >= 11 is 0. The highest BCUT2D eigenvalue weighted by Crippen LogP contribution is 2.09. The van der Waals surface area contributed by atoms with Crippen LogP contribution in [0.15, 0.2) is 54.6 Å². The number of para-hydroxylation sites is 1. The molecule has 0 saturated heterocycles. The van der Waals surface area contributed by atoms with E-state index in [1.54, 1.807) is 12.1 Å². The van der Waals surface area contributed by atoms with Crippen LogP contribution in [0.2, 0.25) is 0 Å². The number of carbonyl (C=O) groups excluding carboxylic acids is 1. The highest BCUT2D eigenvalue weighted by Gasteiger charge is 2.07. The third-order valence-electron chi connectivity index (χ3n) is 3.19. The van der Waals surface area contributed by atoms with Gasteiger partial charge in [0.05, 0.1) is 5.56 Å². The monoisotopic (exact) mass is 319 g/mol. The lowest BCUT2D eigenvalue weighted by atomic mass is 10.1. The molecular formula is C17H22ClN3O. The van der Waals surface area contributed by atoms with Gasteiger partial charge in [-0.2, -0.15) is 0 Å². The average Bonchev–Trinajstić information content (AvgIpc) is 2.52. The van der Waals surface area contributed by atoms with E-state index < -0.39 is 0 Å². The first-order chi connectivity index (χ1) is 10.3. The Kier molecular flexibility index (Phi) is 8.04. The molecule has 0 unspecified atom stereocenters. The fraction of sp³-hybridized carbons (Fsp3) is 0.235. The number of halogens is 1. The summed E-state index contributed by atoms with van der Waals surface area (Å²) in [5.41, 5.74) is 8.08. The molecule has 2 aromatic carbocycles. The minimum Gasteiger partial charge on any atom is -0.398 e. The van der Waals surface area contributed by atoms with Gasteiger partial charge in [0.15, 0.2) is 0 Å². The zero-order chi connectivity index (χ0) is 14.9. The molecule has 2 aromatic rings. The predicted octanol–water partition coefficient (Wildman–Crippen LogP) is 2.60.